The summed E-state index contributed by atoms with van der Waals surface area (Å²) in [5.74, 6) is 0.810. The summed E-state index contributed by atoms with van der Waals surface area (Å²) >= 11 is 1.58. The predicted molar refractivity (Wildman–Crippen MR) is 119 cm³/mol. The van der Waals surface area contributed by atoms with Crippen molar-refractivity contribution in [2.24, 2.45) is 10.1 Å². The number of hydrogen-bond donors (Lipinski definition) is 1. The first-order chi connectivity index (χ1) is 14.3. The maximum atomic E-state index is 5.56. The van der Waals surface area contributed by atoms with Gasteiger partial charge in [-0.3, -0.25) is 4.99 Å². The first kappa shape index (κ1) is 19.0. The molecular weight excluding hydrogens is 380 g/mol. The number of benzene rings is 2. The van der Waals surface area contributed by atoms with Crippen LogP contribution in [0, 0.1) is 0 Å². The van der Waals surface area contributed by atoms with Crippen molar-refractivity contribution in [1.82, 2.24) is 9.66 Å². The molecule has 0 aliphatic carbocycles. The van der Waals surface area contributed by atoms with E-state index in [4.69, 9.17) is 14.8 Å². The van der Waals surface area contributed by atoms with E-state index in [1.807, 2.05) is 59.6 Å². The van der Waals surface area contributed by atoms with Crippen LogP contribution in [0.2, 0.25) is 0 Å². The molecule has 1 N–H and O–H groups in total. The molecule has 0 unspecified atom stereocenters. The fourth-order valence-electron chi connectivity index (χ4n) is 3.03. The summed E-state index contributed by atoms with van der Waals surface area (Å²) in [7, 11) is 1.68. The van der Waals surface area contributed by atoms with Gasteiger partial charge < -0.3 is 9.72 Å². The molecule has 0 saturated heterocycles. The van der Waals surface area contributed by atoms with Crippen molar-refractivity contribution in [3.63, 3.8) is 0 Å². The molecule has 2 aromatic carbocycles. The summed E-state index contributed by atoms with van der Waals surface area (Å²) in [6.07, 6.45) is 4.58. The molecule has 0 spiro atoms. The van der Waals surface area contributed by atoms with Crippen LogP contribution in [0.15, 0.2) is 88.4 Å². The highest BCUT2D eigenvalue weighted by atomic mass is 32.1. The van der Waals surface area contributed by atoms with Gasteiger partial charge in [-0.05, 0) is 36.2 Å². The van der Waals surface area contributed by atoms with E-state index in [1.54, 1.807) is 18.4 Å². The lowest BCUT2D eigenvalue weighted by Gasteiger charge is -2.08. The first-order valence-electron chi connectivity index (χ1n) is 9.41. The monoisotopic (exact) mass is 402 g/mol. The van der Waals surface area contributed by atoms with Crippen molar-refractivity contribution < 1.29 is 4.74 Å². The second-order valence-corrected chi connectivity index (χ2v) is 7.24. The van der Waals surface area contributed by atoms with Gasteiger partial charge in [-0.25, -0.2) is 4.68 Å². The molecule has 0 atom stereocenters. The molecule has 5 nitrogen and oxygen atoms in total. The Balaban J connectivity index is 1.71. The Bertz CT molecular complexity index is 1140. The van der Waals surface area contributed by atoms with Crippen molar-refractivity contribution in [3.8, 4) is 17.0 Å². The maximum absolute atomic E-state index is 5.56. The van der Waals surface area contributed by atoms with Gasteiger partial charge in [0.05, 0.1) is 24.7 Å². The molecule has 0 saturated carbocycles. The molecular formula is C23H22N4OS. The van der Waals surface area contributed by atoms with E-state index in [9.17, 15) is 0 Å². The van der Waals surface area contributed by atoms with Crippen molar-refractivity contribution in [2.45, 2.75) is 6.42 Å². The second kappa shape index (κ2) is 9.21. The Morgan fingerprint density at radius 2 is 1.86 bits per heavy atom. The lowest BCUT2D eigenvalue weighted by molar-refractivity contribution is 0.416. The molecule has 0 radical (unpaired) electrons. The van der Waals surface area contributed by atoms with Gasteiger partial charge in [0.25, 0.3) is 0 Å². The zero-order valence-corrected chi connectivity index (χ0v) is 17.0. The van der Waals surface area contributed by atoms with Gasteiger partial charge in [0.15, 0.2) is 0 Å². The van der Waals surface area contributed by atoms with E-state index < -0.39 is 0 Å². The van der Waals surface area contributed by atoms with E-state index in [0.717, 1.165) is 33.9 Å². The quantitative estimate of drug-likeness (QED) is 0.452. The molecule has 0 amide bonds. The third kappa shape index (κ3) is 4.55. The highest BCUT2D eigenvalue weighted by molar-refractivity contribution is 7.07. The fraction of sp³-hybridized carbons (Fsp3) is 0.130. The van der Waals surface area contributed by atoms with Crippen LogP contribution in [0.3, 0.4) is 0 Å². The molecule has 6 heteroatoms. The number of hydrogen-bond acceptors (Lipinski definition) is 4. The van der Waals surface area contributed by atoms with Crippen molar-refractivity contribution in [3.05, 3.63) is 94.4 Å². The van der Waals surface area contributed by atoms with Gasteiger partial charge in [0.1, 0.15) is 5.75 Å². The standard InChI is InChI=1S/C23H22N4OS/c1-28-22-12-6-5-11-20(22)21-17-29-23(25-15-13-18-8-3-2-4-9-18)27(21)26-16-19-10-7-14-24-19/h2-12,14,16-17,24H,13,15H2,1H3. The highest BCUT2D eigenvalue weighted by Crippen LogP contribution is 2.29. The Morgan fingerprint density at radius 3 is 2.66 bits per heavy atom. The third-order valence-corrected chi connectivity index (χ3v) is 5.35. The Hall–Kier alpha value is -3.38. The van der Waals surface area contributed by atoms with Crippen molar-refractivity contribution in [1.29, 1.82) is 0 Å². The number of para-hydroxylation sites is 1. The molecule has 146 valence electrons. The molecule has 0 aliphatic heterocycles. The van der Waals surface area contributed by atoms with Gasteiger partial charge in [0, 0.05) is 23.7 Å². The Kier molecular flexibility index (Phi) is 6.02. The van der Waals surface area contributed by atoms with Crippen LogP contribution in [0.1, 0.15) is 11.3 Å². The lowest BCUT2D eigenvalue weighted by atomic mass is 10.1. The molecule has 0 fully saturated rings. The van der Waals surface area contributed by atoms with E-state index in [2.05, 4.69) is 34.6 Å². The van der Waals surface area contributed by atoms with Crippen LogP contribution in [-0.2, 0) is 6.42 Å². The van der Waals surface area contributed by atoms with Crippen LogP contribution < -0.4 is 9.54 Å². The predicted octanol–water partition coefficient (Wildman–Crippen LogP) is 4.58. The second-order valence-electron chi connectivity index (χ2n) is 6.40. The summed E-state index contributed by atoms with van der Waals surface area (Å²) in [5, 5.41) is 6.78. The number of nitrogens with one attached hydrogen (secondary N) is 1. The Labute approximate surface area is 173 Å². The SMILES string of the molecule is COc1ccccc1-c1csc(=NCCc2ccccc2)n1N=Cc1ccc[nH]1. The minimum Gasteiger partial charge on any atom is -0.496 e. The smallest absolute Gasteiger partial charge is 0.206 e. The van der Waals surface area contributed by atoms with Crippen LogP contribution in [-0.4, -0.2) is 29.5 Å². The molecule has 4 rings (SSSR count). The van der Waals surface area contributed by atoms with Crippen molar-refractivity contribution >= 4 is 17.6 Å². The van der Waals surface area contributed by atoms with Gasteiger partial charge >= 0.3 is 0 Å². The number of ether oxygens (including phenoxy) is 1. The number of rotatable bonds is 7. The van der Waals surface area contributed by atoms with Crippen molar-refractivity contribution in [2.75, 3.05) is 13.7 Å². The molecule has 0 aliphatic rings. The molecule has 2 aromatic heterocycles. The topological polar surface area (TPSA) is 54.7 Å². The fourth-order valence-corrected chi connectivity index (χ4v) is 3.89. The maximum Gasteiger partial charge on any atom is 0.206 e. The number of aromatic amines is 1. The van der Waals surface area contributed by atoms with Crippen LogP contribution >= 0.6 is 11.3 Å². The minimum absolute atomic E-state index is 0.702. The van der Waals surface area contributed by atoms with Gasteiger partial charge in [-0.1, -0.05) is 42.5 Å². The largest absolute Gasteiger partial charge is 0.496 e. The summed E-state index contributed by atoms with van der Waals surface area (Å²) in [5.41, 5.74) is 4.15. The molecule has 29 heavy (non-hydrogen) atoms. The summed E-state index contributed by atoms with van der Waals surface area (Å²) < 4.78 is 7.44. The van der Waals surface area contributed by atoms with Crippen LogP contribution in [0.5, 0.6) is 5.75 Å². The number of thiazole rings is 1. The Morgan fingerprint density at radius 1 is 1.03 bits per heavy atom. The third-order valence-electron chi connectivity index (χ3n) is 4.49. The number of H-pyrrole nitrogens is 1. The molecule has 4 aromatic rings. The normalized spacial score (nSPS) is 12.0. The van der Waals surface area contributed by atoms with E-state index in [-0.39, 0.29) is 0 Å². The molecule has 2 heterocycles. The lowest BCUT2D eigenvalue weighted by Crippen LogP contribution is -2.13. The average molecular weight is 403 g/mol. The van der Waals surface area contributed by atoms with E-state index in [1.165, 1.54) is 5.56 Å². The average Bonchev–Trinajstić information content (AvgIpc) is 3.43. The van der Waals surface area contributed by atoms with Gasteiger partial charge in [0.2, 0.25) is 4.80 Å². The summed E-state index contributed by atoms with van der Waals surface area (Å²) in [6, 6.07) is 22.3. The number of methoxy groups -OCH3 is 1. The zero-order valence-electron chi connectivity index (χ0n) is 16.2. The van der Waals surface area contributed by atoms with Gasteiger partial charge in [-0.2, -0.15) is 5.10 Å². The summed E-state index contributed by atoms with van der Waals surface area (Å²) in [6.45, 7) is 0.702. The number of aromatic nitrogens is 2. The highest BCUT2D eigenvalue weighted by Gasteiger charge is 2.12. The van der Waals surface area contributed by atoms with Crippen LogP contribution in [0.25, 0.3) is 11.3 Å². The minimum atomic E-state index is 0.702. The van der Waals surface area contributed by atoms with Gasteiger partial charge in [-0.15, -0.1) is 11.3 Å². The summed E-state index contributed by atoms with van der Waals surface area (Å²) in [4.78, 5) is 8.82. The molecule has 0 bridgehead atoms. The van der Waals surface area contributed by atoms with Crippen LogP contribution in [0.4, 0.5) is 0 Å². The zero-order chi connectivity index (χ0) is 19.9. The van der Waals surface area contributed by atoms with E-state index >= 15 is 0 Å². The number of nitrogens with zero attached hydrogens (tertiary/aromatic N) is 3. The first-order valence-corrected chi connectivity index (χ1v) is 10.3. The van der Waals surface area contributed by atoms with E-state index in [0.29, 0.717) is 6.54 Å².